The molecule has 0 bridgehead atoms. The van der Waals surface area contributed by atoms with E-state index < -0.39 is 23.7 Å². The highest BCUT2D eigenvalue weighted by atomic mass is 32.2. The normalized spacial score (nSPS) is 15.3. The summed E-state index contributed by atoms with van der Waals surface area (Å²) in [6, 6.07) is 20.7. The third-order valence-corrected chi connectivity index (χ3v) is 5.76. The largest absolute Gasteiger partial charge is 0.456 e. The molecule has 1 heterocycles. The maximum Gasteiger partial charge on any atom is 0.307 e. The first-order chi connectivity index (χ1) is 14.1. The summed E-state index contributed by atoms with van der Waals surface area (Å²) in [6.45, 7) is -0.405. The number of para-hydroxylation sites is 1. The molecule has 146 valence electrons. The lowest BCUT2D eigenvalue weighted by molar-refractivity contribution is -0.147. The number of amides is 2. The molecule has 1 unspecified atom stereocenters. The van der Waals surface area contributed by atoms with Gasteiger partial charge in [-0.1, -0.05) is 48.5 Å². The molecule has 3 aromatic carbocycles. The highest BCUT2D eigenvalue weighted by molar-refractivity contribution is 8.01. The number of hydrogen-bond donors (Lipinski definition) is 2. The lowest BCUT2D eigenvalue weighted by atomic mass is 10.1. The van der Waals surface area contributed by atoms with Crippen LogP contribution in [-0.2, 0) is 19.1 Å². The van der Waals surface area contributed by atoms with Crippen molar-refractivity contribution < 1.29 is 19.1 Å². The van der Waals surface area contributed by atoms with Gasteiger partial charge >= 0.3 is 5.97 Å². The van der Waals surface area contributed by atoms with E-state index in [9.17, 15) is 14.4 Å². The molecule has 0 fully saturated rings. The molecule has 1 aliphatic rings. The van der Waals surface area contributed by atoms with E-state index in [2.05, 4.69) is 10.6 Å². The van der Waals surface area contributed by atoms with Gasteiger partial charge in [-0.15, -0.1) is 11.8 Å². The number of rotatable bonds is 5. The monoisotopic (exact) mass is 406 g/mol. The summed E-state index contributed by atoms with van der Waals surface area (Å²) >= 11 is 1.32. The van der Waals surface area contributed by atoms with Crippen LogP contribution < -0.4 is 10.6 Å². The Bertz CT molecular complexity index is 1090. The first kappa shape index (κ1) is 19.0. The second-order valence-electron chi connectivity index (χ2n) is 6.53. The number of nitrogens with one attached hydrogen (secondary N) is 2. The van der Waals surface area contributed by atoms with Crippen LogP contribution in [0.5, 0.6) is 0 Å². The first-order valence-corrected chi connectivity index (χ1v) is 9.98. The minimum Gasteiger partial charge on any atom is -0.456 e. The number of carbonyl (C=O) groups excluding carboxylic acids is 3. The van der Waals surface area contributed by atoms with Crippen LogP contribution >= 0.6 is 11.8 Å². The lowest BCUT2D eigenvalue weighted by Gasteiger charge is -2.23. The number of thioether (sulfide) groups is 1. The number of ether oxygens (including phenoxy) is 1. The van der Waals surface area contributed by atoms with Gasteiger partial charge in [-0.3, -0.25) is 14.4 Å². The molecule has 1 atom stereocenters. The molecule has 0 aliphatic carbocycles. The van der Waals surface area contributed by atoms with E-state index in [0.717, 1.165) is 21.4 Å². The van der Waals surface area contributed by atoms with E-state index in [1.165, 1.54) is 11.8 Å². The molecule has 0 saturated heterocycles. The van der Waals surface area contributed by atoms with Gasteiger partial charge in [0, 0.05) is 16.0 Å². The van der Waals surface area contributed by atoms with E-state index in [-0.39, 0.29) is 12.3 Å². The minimum atomic E-state index is -0.592. The Morgan fingerprint density at radius 2 is 1.76 bits per heavy atom. The lowest BCUT2D eigenvalue weighted by Crippen LogP contribution is -2.32. The van der Waals surface area contributed by atoms with Gasteiger partial charge in [0.1, 0.15) is 0 Å². The summed E-state index contributed by atoms with van der Waals surface area (Å²) in [5, 5.41) is 6.87. The molecule has 2 N–H and O–H groups in total. The molecule has 2 amide bonds. The second-order valence-corrected chi connectivity index (χ2v) is 7.78. The minimum absolute atomic E-state index is 0.105. The molecule has 0 radical (unpaired) electrons. The zero-order chi connectivity index (χ0) is 20.2. The average Bonchev–Trinajstić information content (AvgIpc) is 2.73. The number of benzene rings is 3. The van der Waals surface area contributed by atoms with Gasteiger partial charge in [-0.05, 0) is 23.6 Å². The second kappa shape index (κ2) is 8.36. The molecule has 4 rings (SSSR count). The molecule has 0 saturated carbocycles. The predicted octanol–water partition coefficient (Wildman–Crippen LogP) is 3.82. The maximum atomic E-state index is 12.2. The van der Waals surface area contributed by atoms with Gasteiger partial charge in [0.15, 0.2) is 6.61 Å². The van der Waals surface area contributed by atoms with Crippen molar-refractivity contribution in [3.63, 3.8) is 0 Å². The Morgan fingerprint density at radius 3 is 2.66 bits per heavy atom. The van der Waals surface area contributed by atoms with E-state index in [1.54, 1.807) is 6.07 Å². The van der Waals surface area contributed by atoms with Crippen molar-refractivity contribution in [2.75, 3.05) is 17.2 Å². The predicted molar refractivity (Wildman–Crippen MR) is 113 cm³/mol. The Balaban J connectivity index is 1.31. The summed E-state index contributed by atoms with van der Waals surface area (Å²) in [5.41, 5.74) is 1.39. The molecule has 6 nitrogen and oxygen atoms in total. The van der Waals surface area contributed by atoms with Gasteiger partial charge < -0.3 is 15.4 Å². The van der Waals surface area contributed by atoms with Crippen molar-refractivity contribution >= 4 is 51.7 Å². The van der Waals surface area contributed by atoms with Crippen molar-refractivity contribution in [1.29, 1.82) is 0 Å². The highest BCUT2D eigenvalue weighted by Gasteiger charge is 2.29. The fraction of sp³-hybridized carbons (Fsp3) is 0.136. The van der Waals surface area contributed by atoms with Gasteiger partial charge in [0.05, 0.1) is 17.4 Å². The summed E-state index contributed by atoms with van der Waals surface area (Å²) in [6.07, 6.45) is -0.105. The van der Waals surface area contributed by atoms with Crippen molar-refractivity contribution in [1.82, 2.24) is 0 Å². The van der Waals surface area contributed by atoms with Crippen LogP contribution in [0.1, 0.15) is 6.42 Å². The van der Waals surface area contributed by atoms with Crippen molar-refractivity contribution in [3.05, 3.63) is 66.7 Å². The maximum absolute atomic E-state index is 12.2. The Kier molecular flexibility index (Phi) is 5.48. The van der Waals surface area contributed by atoms with Gasteiger partial charge in [0.2, 0.25) is 5.91 Å². The van der Waals surface area contributed by atoms with E-state index in [0.29, 0.717) is 5.69 Å². The Labute approximate surface area is 171 Å². The number of hydrogen-bond acceptors (Lipinski definition) is 5. The smallest absolute Gasteiger partial charge is 0.307 e. The molecule has 29 heavy (non-hydrogen) atoms. The van der Waals surface area contributed by atoms with E-state index in [1.807, 2.05) is 60.7 Å². The SMILES string of the molecule is O=C(COC(=O)CC1Sc2ccccc2NC1=O)Nc1cccc2ccccc12. The summed E-state index contributed by atoms with van der Waals surface area (Å²) < 4.78 is 5.08. The quantitative estimate of drug-likeness (QED) is 0.629. The zero-order valence-electron chi connectivity index (χ0n) is 15.4. The van der Waals surface area contributed by atoms with Crippen LogP contribution in [0.4, 0.5) is 11.4 Å². The molecular formula is C22H18N2O4S. The third kappa shape index (κ3) is 4.41. The number of esters is 1. The summed E-state index contributed by atoms with van der Waals surface area (Å²) in [5.74, 6) is -1.27. The molecular weight excluding hydrogens is 388 g/mol. The van der Waals surface area contributed by atoms with Crippen LogP contribution in [-0.4, -0.2) is 29.6 Å². The van der Waals surface area contributed by atoms with Crippen LogP contribution in [0.2, 0.25) is 0 Å². The van der Waals surface area contributed by atoms with Crippen molar-refractivity contribution in [2.45, 2.75) is 16.6 Å². The van der Waals surface area contributed by atoms with Crippen LogP contribution in [0.25, 0.3) is 10.8 Å². The molecule has 0 spiro atoms. The number of fused-ring (bicyclic) bond motifs is 2. The van der Waals surface area contributed by atoms with E-state index >= 15 is 0 Å². The molecule has 1 aliphatic heterocycles. The Hall–Kier alpha value is -3.32. The zero-order valence-corrected chi connectivity index (χ0v) is 16.2. The van der Waals surface area contributed by atoms with Crippen LogP contribution in [0, 0.1) is 0 Å². The highest BCUT2D eigenvalue weighted by Crippen LogP contribution is 2.36. The topological polar surface area (TPSA) is 84.5 Å². The van der Waals surface area contributed by atoms with Gasteiger partial charge in [0.25, 0.3) is 5.91 Å². The average molecular weight is 406 g/mol. The van der Waals surface area contributed by atoms with Crippen LogP contribution in [0.3, 0.4) is 0 Å². The number of anilines is 2. The molecule has 3 aromatic rings. The standard InChI is InChI=1S/C22H18N2O4S/c25-20(23-16-10-5-7-14-6-1-2-8-15(14)16)13-28-21(26)12-19-22(27)24-17-9-3-4-11-18(17)29-19/h1-11,19H,12-13H2,(H,23,25)(H,24,27). The van der Waals surface area contributed by atoms with Gasteiger partial charge in [-0.2, -0.15) is 0 Å². The fourth-order valence-corrected chi connectivity index (χ4v) is 4.20. The van der Waals surface area contributed by atoms with Crippen molar-refractivity contribution in [2.24, 2.45) is 0 Å². The van der Waals surface area contributed by atoms with Crippen molar-refractivity contribution in [3.8, 4) is 0 Å². The Morgan fingerprint density at radius 1 is 1.00 bits per heavy atom. The number of carbonyl (C=O) groups is 3. The van der Waals surface area contributed by atoms with E-state index in [4.69, 9.17) is 4.74 Å². The third-order valence-electron chi connectivity index (χ3n) is 4.49. The summed E-state index contributed by atoms with van der Waals surface area (Å²) in [4.78, 5) is 37.4. The van der Waals surface area contributed by atoms with Crippen LogP contribution in [0.15, 0.2) is 71.6 Å². The summed E-state index contributed by atoms with van der Waals surface area (Å²) in [7, 11) is 0. The first-order valence-electron chi connectivity index (χ1n) is 9.10. The molecule has 7 heteroatoms. The fourth-order valence-electron chi connectivity index (χ4n) is 3.10. The van der Waals surface area contributed by atoms with Gasteiger partial charge in [-0.25, -0.2) is 0 Å². The molecule has 0 aromatic heterocycles.